The van der Waals surface area contributed by atoms with Crippen LogP contribution in [0.3, 0.4) is 0 Å². The quantitative estimate of drug-likeness (QED) is 0.623. The van der Waals surface area contributed by atoms with Crippen LogP contribution in [-0.2, 0) is 14.8 Å². The van der Waals surface area contributed by atoms with Gasteiger partial charge in [0.05, 0.1) is 10.6 Å². The summed E-state index contributed by atoms with van der Waals surface area (Å²) in [5.41, 5.74) is 4.87. The Hall–Kier alpha value is -3.12. The molecule has 5 nitrogen and oxygen atoms in total. The molecule has 0 atom stereocenters. The second-order valence-corrected chi connectivity index (χ2v) is 9.32. The highest BCUT2D eigenvalue weighted by atomic mass is 32.2. The summed E-state index contributed by atoms with van der Waals surface area (Å²) < 4.78 is 28.2. The number of hydrogen-bond acceptors (Lipinski definition) is 3. The Morgan fingerprint density at radius 1 is 0.867 bits per heavy atom. The monoisotopic (exact) mass is 422 g/mol. The Bertz CT molecular complexity index is 1170. The lowest BCUT2D eigenvalue weighted by Crippen LogP contribution is -2.38. The summed E-state index contributed by atoms with van der Waals surface area (Å²) in [5, 5.41) is 2.80. The molecule has 156 valence electrons. The van der Waals surface area contributed by atoms with Gasteiger partial charge in [-0.3, -0.25) is 9.10 Å². The zero-order valence-electron chi connectivity index (χ0n) is 17.6. The van der Waals surface area contributed by atoms with E-state index in [1.807, 2.05) is 52.0 Å². The van der Waals surface area contributed by atoms with E-state index in [1.165, 1.54) is 4.31 Å². The van der Waals surface area contributed by atoms with Crippen molar-refractivity contribution in [3.63, 3.8) is 0 Å². The summed E-state index contributed by atoms with van der Waals surface area (Å²) in [6, 6.07) is 19.5. The first-order valence-electron chi connectivity index (χ1n) is 9.70. The third-order valence-corrected chi connectivity index (χ3v) is 6.82. The summed E-state index contributed by atoms with van der Waals surface area (Å²) in [4.78, 5) is 13.0. The fourth-order valence-electron chi connectivity index (χ4n) is 3.20. The van der Waals surface area contributed by atoms with Gasteiger partial charge in [-0.2, -0.15) is 0 Å². The molecule has 0 saturated heterocycles. The van der Waals surface area contributed by atoms with E-state index in [9.17, 15) is 13.2 Å². The molecule has 0 bridgehead atoms. The molecule has 0 unspecified atom stereocenters. The van der Waals surface area contributed by atoms with Crippen molar-refractivity contribution in [3.8, 4) is 0 Å². The van der Waals surface area contributed by atoms with Gasteiger partial charge in [0.25, 0.3) is 10.0 Å². The van der Waals surface area contributed by atoms with Crippen LogP contribution >= 0.6 is 0 Å². The zero-order chi connectivity index (χ0) is 21.9. The molecule has 0 saturated carbocycles. The first kappa shape index (κ1) is 21.6. The number of carbonyl (C=O) groups excluding carboxylic acids is 1. The smallest absolute Gasteiger partial charge is 0.264 e. The summed E-state index contributed by atoms with van der Waals surface area (Å²) >= 11 is 0. The van der Waals surface area contributed by atoms with Crippen molar-refractivity contribution in [2.75, 3.05) is 16.2 Å². The lowest BCUT2D eigenvalue weighted by Gasteiger charge is -2.26. The first-order valence-corrected chi connectivity index (χ1v) is 11.1. The van der Waals surface area contributed by atoms with Crippen molar-refractivity contribution in [3.05, 3.63) is 89.0 Å². The number of sulfonamides is 1. The third-order valence-electron chi connectivity index (χ3n) is 5.04. The van der Waals surface area contributed by atoms with E-state index in [1.54, 1.807) is 42.5 Å². The summed E-state index contributed by atoms with van der Waals surface area (Å²) in [5.74, 6) is -0.405. The lowest BCUT2D eigenvalue weighted by molar-refractivity contribution is -0.114. The van der Waals surface area contributed by atoms with E-state index in [2.05, 4.69) is 5.32 Å². The van der Waals surface area contributed by atoms with Crippen LogP contribution in [0.15, 0.2) is 71.6 Å². The van der Waals surface area contributed by atoms with Crippen molar-refractivity contribution in [2.45, 2.75) is 32.6 Å². The van der Waals surface area contributed by atoms with Crippen molar-refractivity contribution in [1.82, 2.24) is 0 Å². The van der Waals surface area contributed by atoms with E-state index in [0.717, 1.165) is 22.3 Å². The van der Waals surface area contributed by atoms with Gasteiger partial charge >= 0.3 is 0 Å². The molecule has 6 heteroatoms. The van der Waals surface area contributed by atoms with Gasteiger partial charge in [0.1, 0.15) is 6.54 Å². The summed E-state index contributed by atoms with van der Waals surface area (Å²) in [6.07, 6.45) is 0. The molecule has 0 aromatic heterocycles. The van der Waals surface area contributed by atoms with E-state index >= 15 is 0 Å². The van der Waals surface area contributed by atoms with E-state index < -0.39 is 15.9 Å². The minimum atomic E-state index is -3.93. The molecule has 0 fully saturated rings. The van der Waals surface area contributed by atoms with Crippen molar-refractivity contribution >= 4 is 27.3 Å². The minimum Gasteiger partial charge on any atom is -0.325 e. The Balaban J connectivity index is 2.00. The van der Waals surface area contributed by atoms with Gasteiger partial charge in [-0.05, 0) is 74.7 Å². The Kier molecular flexibility index (Phi) is 6.27. The Morgan fingerprint density at radius 3 is 2.20 bits per heavy atom. The Labute approximate surface area is 178 Å². The van der Waals surface area contributed by atoms with Gasteiger partial charge in [0, 0.05) is 5.69 Å². The normalized spacial score (nSPS) is 11.2. The molecular weight excluding hydrogens is 396 g/mol. The highest BCUT2D eigenvalue weighted by molar-refractivity contribution is 7.92. The van der Waals surface area contributed by atoms with Crippen LogP contribution in [0, 0.1) is 27.7 Å². The molecule has 0 aliphatic heterocycles. The van der Waals surface area contributed by atoms with Gasteiger partial charge in [0.2, 0.25) is 5.91 Å². The van der Waals surface area contributed by atoms with Crippen LogP contribution in [0.2, 0.25) is 0 Å². The summed E-state index contributed by atoms with van der Waals surface area (Å²) in [7, 11) is -3.93. The maximum atomic E-state index is 13.5. The van der Waals surface area contributed by atoms with Crippen LogP contribution < -0.4 is 9.62 Å². The van der Waals surface area contributed by atoms with Crippen LogP contribution in [0.1, 0.15) is 22.3 Å². The number of amides is 1. The van der Waals surface area contributed by atoms with Crippen LogP contribution in [-0.4, -0.2) is 20.9 Å². The fraction of sp³-hybridized carbons (Fsp3) is 0.208. The van der Waals surface area contributed by atoms with Crippen LogP contribution in [0.4, 0.5) is 11.4 Å². The van der Waals surface area contributed by atoms with Crippen molar-refractivity contribution in [1.29, 1.82) is 0 Å². The lowest BCUT2D eigenvalue weighted by atomic mass is 10.1. The maximum Gasteiger partial charge on any atom is 0.264 e. The molecule has 3 rings (SSSR count). The average molecular weight is 423 g/mol. The number of aryl methyl sites for hydroxylation is 3. The van der Waals surface area contributed by atoms with E-state index in [4.69, 9.17) is 0 Å². The molecule has 0 heterocycles. The number of rotatable bonds is 6. The molecule has 0 aliphatic carbocycles. The van der Waals surface area contributed by atoms with Gasteiger partial charge in [-0.15, -0.1) is 0 Å². The Morgan fingerprint density at radius 2 is 1.53 bits per heavy atom. The summed E-state index contributed by atoms with van der Waals surface area (Å²) in [6.45, 7) is 7.28. The number of carbonyl (C=O) groups is 1. The number of hydrogen-bond donors (Lipinski definition) is 1. The number of benzene rings is 3. The first-order chi connectivity index (χ1) is 14.2. The maximum absolute atomic E-state index is 13.5. The molecule has 3 aromatic rings. The van der Waals surface area contributed by atoms with Crippen molar-refractivity contribution < 1.29 is 13.2 Å². The van der Waals surface area contributed by atoms with Gasteiger partial charge in [-0.25, -0.2) is 8.42 Å². The molecule has 0 radical (unpaired) electrons. The molecule has 3 aromatic carbocycles. The molecule has 0 spiro atoms. The second-order valence-electron chi connectivity index (χ2n) is 7.46. The van der Waals surface area contributed by atoms with Crippen LogP contribution in [0.25, 0.3) is 0 Å². The molecular formula is C24H26N2O3S. The zero-order valence-corrected chi connectivity index (χ0v) is 18.5. The standard InChI is InChI=1S/C24H26N2O3S/c1-17-11-13-22(14-12-17)30(28,29)26(23-10-6-8-19(3)20(23)4)16-24(27)25-21-9-5-7-18(2)15-21/h5-15H,16H2,1-4H3,(H,25,27). The number of anilines is 2. The second kappa shape index (κ2) is 8.71. The predicted molar refractivity (Wildman–Crippen MR) is 121 cm³/mol. The van der Waals surface area contributed by atoms with Gasteiger partial charge in [-0.1, -0.05) is 42.0 Å². The molecule has 30 heavy (non-hydrogen) atoms. The van der Waals surface area contributed by atoms with Crippen LogP contribution in [0.5, 0.6) is 0 Å². The topological polar surface area (TPSA) is 66.5 Å². The van der Waals surface area contributed by atoms with E-state index in [0.29, 0.717) is 11.4 Å². The van der Waals surface area contributed by atoms with Crippen molar-refractivity contribution in [2.24, 2.45) is 0 Å². The van der Waals surface area contributed by atoms with E-state index in [-0.39, 0.29) is 11.4 Å². The third kappa shape index (κ3) is 4.71. The predicted octanol–water partition coefficient (Wildman–Crippen LogP) is 4.75. The molecule has 1 amide bonds. The minimum absolute atomic E-state index is 0.150. The molecule has 0 aliphatic rings. The largest absolute Gasteiger partial charge is 0.325 e. The highest BCUT2D eigenvalue weighted by Crippen LogP contribution is 2.28. The fourth-order valence-corrected chi connectivity index (χ4v) is 4.68. The van der Waals surface area contributed by atoms with Gasteiger partial charge < -0.3 is 5.32 Å². The number of nitrogens with one attached hydrogen (secondary N) is 1. The SMILES string of the molecule is Cc1ccc(S(=O)(=O)N(CC(=O)Nc2cccc(C)c2)c2cccc(C)c2C)cc1. The molecule has 1 N–H and O–H groups in total. The highest BCUT2D eigenvalue weighted by Gasteiger charge is 2.28. The van der Waals surface area contributed by atoms with Gasteiger partial charge in [0.15, 0.2) is 0 Å². The number of nitrogens with zero attached hydrogens (tertiary/aromatic N) is 1. The average Bonchev–Trinajstić information content (AvgIpc) is 2.69.